The van der Waals surface area contributed by atoms with Crippen LogP contribution in [0, 0.1) is 16.7 Å². The van der Waals surface area contributed by atoms with Crippen molar-refractivity contribution in [1.82, 2.24) is 15.1 Å². The van der Waals surface area contributed by atoms with Crippen LogP contribution in [0.5, 0.6) is 0 Å². The number of hydrogen-bond acceptors (Lipinski definition) is 3. The second kappa shape index (κ2) is 7.84. The largest absolute Gasteiger partial charge is 0.318 e. The molecule has 0 aromatic heterocycles. The van der Waals surface area contributed by atoms with Gasteiger partial charge >= 0.3 is 0 Å². The fourth-order valence-electron chi connectivity index (χ4n) is 4.03. The third-order valence-corrected chi connectivity index (χ3v) is 6.49. The first-order chi connectivity index (χ1) is 10.4. The Balaban J connectivity index is 2.80. The fraction of sp³-hybridized carbons (Fsp3) is 1.00. The molecule has 2 atom stereocenters. The van der Waals surface area contributed by atoms with E-state index in [1.165, 1.54) is 32.5 Å². The van der Waals surface area contributed by atoms with Crippen LogP contribution < -0.4 is 5.32 Å². The lowest BCUT2D eigenvalue weighted by Crippen LogP contribution is -2.52. The Morgan fingerprint density at radius 3 is 2.22 bits per heavy atom. The molecule has 0 saturated carbocycles. The van der Waals surface area contributed by atoms with Gasteiger partial charge in [0.2, 0.25) is 0 Å². The molecule has 0 aromatic rings. The molecule has 138 valence electrons. The normalized spacial score (nSPS) is 27.7. The Kier molecular flexibility index (Phi) is 7.13. The molecule has 1 heterocycles. The molecule has 3 nitrogen and oxygen atoms in total. The Morgan fingerprint density at radius 1 is 1.13 bits per heavy atom. The Hall–Kier alpha value is -0.120. The highest BCUT2D eigenvalue weighted by atomic mass is 15.2. The summed E-state index contributed by atoms with van der Waals surface area (Å²) in [5.74, 6) is 0.778. The Bertz CT molecular complexity index is 353. The zero-order chi connectivity index (χ0) is 17.9. The number of nitrogens with one attached hydrogen (secondary N) is 1. The summed E-state index contributed by atoms with van der Waals surface area (Å²) in [4.78, 5) is 5.19. The van der Waals surface area contributed by atoms with E-state index < -0.39 is 0 Å². The summed E-state index contributed by atoms with van der Waals surface area (Å²) in [6.07, 6.45) is 2.63. The zero-order valence-electron chi connectivity index (χ0n) is 17.4. The third-order valence-electron chi connectivity index (χ3n) is 6.49. The van der Waals surface area contributed by atoms with Gasteiger partial charge in [0.25, 0.3) is 0 Å². The molecule has 0 radical (unpaired) electrons. The van der Waals surface area contributed by atoms with E-state index in [4.69, 9.17) is 0 Å². The highest BCUT2D eigenvalue weighted by Crippen LogP contribution is 2.50. The number of likely N-dealkylation sites (tertiary alicyclic amines) is 1. The van der Waals surface area contributed by atoms with Gasteiger partial charge < -0.3 is 10.2 Å². The van der Waals surface area contributed by atoms with Crippen molar-refractivity contribution in [1.29, 1.82) is 0 Å². The molecule has 1 aliphatic rings. The van der Waals surface area contributed by atoms with E-state index in [2.05, 4.69) is 70.6 Å². The molecular weight excluding hydrogens is 282 g/mol. The molecule has 0 aliphatic carbocycles. The van der Waals surface area contributed by atoms with Crippen molar-refractivity contribution in [2.45, 2.75) is 66.8 Å². The van der Waals surface area contributed by atoms with Gasteiger partial charge in [-0.25, -0.2) is 0 Å². The maximum absolute atomic E-state index is 3.31. The van der Waals surface area contributed by atoms with Crippen molar-refractivity contribution in [2.24, 2.45) is 16.7 Å². The number of likely N-dealkylation sites (N-methyl/N-ethyl adjacent to an activating group) is 1. The number of rotatable bonds is 6. The predicted octanol–water partition coefficient (Wildman–Crippen LogP) is 3.70. The average molecular weight is 326 g/mol. The quantitative estimate of drug-likeness (QED) is 0.803. The highest BCUT2D eigenvalue weighted by molar-refractivity contribution is 4.97. The molecule has 0 amide bonds. The molecule has 23 heavy (non-hydrogen) atoms. The average Bonchev–Trinajstić information content (AvgIpc) is 2.39. The second-order valence-electron chi connectivity index (χ2n) is 9.93. The molecular formula is C20H43N3. The summed E-state index contributed by atoms with van der Waals surface area (Å²) in [7, 11) is 4.34. The van der Waals surface area contributed by atoms with Gasteiger partial charge in [0.1, 0.15) is 0 Å². The van der Waals surface area contributed by atoms with Crippen molar-refractivity contribution >= 4 is 0 Å². The van der Waals surface area contributed by atoms with Crippen LogP contribution in [0.15, 0.2) is 0 Å². The highest BCUT2D eigenvalue weighted by Gasteiger charge is 2.46. The van der Waals surface area contributed by atoms with Crippen LogP contribution in [0.4, 0.5) is 0 Å². The van der Waals surface area contributed by atoms with Crippen molar-refractivity contribution in [2.75, 3.05) is 46.8 Å². The lowest BCUT2D eigenvalue weighted by Gasteiger charge is -2.53. The van der Waals surface area contributed by atoms with Gasteiger partial charge in [-0.2, -0.15) is 0 Å². The van der Waals surface area contributed by atoms with E-state index >= 15 is 0 Å². The monoisotopic (exact) mass is 325 g/mol. The molecule has 1 saturated heterocycles. The molecule has 1 fully saturated rings. The van der Waals surface area contributed by atoms with Gasteiger partial charge in [0.15, 0.2) is 0 Å². The lowest BCUT2D eigenvalue weighted by atomic mass is 9.57. The van der Waals surface area contributed by atoms with Crippen LogP contribution in [0.1, 0.15) is 61.3 Å². The van der Waals surface area contributed by atoms with Crippen LogP contribution in [0.3, 0.4) is 0 Å². The van der Waals surface area contributed by atoms with E-state index in [9.17, 15) is 0 Å². The van der Waals surface area contributed by atoms with Crippen molar-refractivity contribution in [3.63, 3.8) is 0 Å². The SMILES string of the molecule is CNCCN(CC[C@H]1CN(C)CC[C@@]1(C)C(C)(C)C)C(C)(C)C. The Morgan fingerprint density at radius 2 is 1.74 bits per heavy atom. The number of hydrogen-bond donors (Lipinski definition) is 1. The maximum Gasteiger partial charge on any atom is 0.0125 e. The van der Waals surface area contributed by atoms with E-state index in [1.54, 1.807) is 0 Å². The summed E-state index contributed by atoms with van der Waals surface area (Å²) in [5.41, 5.74) is 1.05. The third kappa shape index (κ3) is 5.44. The lowest BCUT2D eigenvalue weighted by molar-refractivity contribution is -0.0401. The van der Waals surface area contributed by atoms with Gasteiger partial charge in [-0.3, -0.25) is 4.90 Å². The van der Waals surface area contributed by atoms with Crippen molar-refractivity contribution in [3.05, 3.63) is 0 Å². The van der Waals surface area contributed by atoms with E-state index in [-0.39, 0.29) is 5.54 Å². The van der Waals surface area contributed by atoms with Gasteiger partial charge in [-0.1, -0.05) is 27.7 Å². The van der Waals surface area contributed by atoms with Gasteiger partial charge in [-0.15, -0.1) is 0 Å². The topological polar surface area (TPSA) is 18.5 Å². The van der Waals surface area contributed by atoms with E-state index in [1.807, 2.05) is 7.05 Å². The second-order valence-corrected chi connectivity index (χ2v) is 9.93. The summed E-state index contributed by atoms with van der Waals surface area (Å²) in [6.45, 7) is 22.8. The minimum Gasteiger partial charge on any atom is -0.318 e. The fourth-order valence-corrected chi connectivity index (χ4v) is 4.03. The first-order valence-electron chi connectivity index (χ1n) is 9.50. The predicted molar refractivity (Wildman–Crippen MR) is 103 cm³/mol. The maximum atomic E-state index is 3.31. The van der Waals surface area contributed by atoms with Crippen LogP contribution in [0.2, 0.25) is 0 Å². The van der Waals surface area contributed by atoms with E-state index in [0.29, 0.717) is 10.8 Å². The molecule has 1 aliphatic heterocycles. The van der Waals surface area contributed by atoms with Crippen LogP contribution in [-0.2, 0) is 0 Å². The first kappa shape index (κ1) is 20.9. The number of nitrogens with zero attached hydrogens (tertiary/aromatic N) is 2. The standard InChI is InChI=1S/C20H43N3/c1-18(2,3)20(7)11-14-22(9)16-17(20)10-13-23(15-12-21-8)19(4,5)6/h17,21H,10-16H2,1-9H3/t17-,20+/m0/s1. The van der Waals surface area contributed by atoms with Crippen LogP contribution >= 0.6 is 0 Å². The number of piperidine rings is 1. The zero-order valence-corrected chi connectivity index (χ0v) is 17.4. The van der Waals surface area contributed by atoms with Crippen molar-refractivity contribution < 1.29 is 0 Å². The molecule has 0 aromatic carbocycles. The Labute approximate surface area is 146 Å². The van der Waals surface area contributed by atoms with Crippen LogP contribution in [0.25, 0.3) is 0 Å². The summed E-state index contributed by atoms with van der Waals surface area (Å²) in [5, 5.41) is 3.31. The molecule has 0 unspecified atom stereocenters. The minimum atomic E-state index is 0.246. The van der Waals surface area contributed by atoms with Crippen molar-refractivity contribution in [3.8, 4) is 0 Å². The summed E-state index contributed by atoms with van der Waals surface area (Å²) >= 11 is 0. The van der Waals surface area contributed by atoms with Gasteiger partial charge in [0, 0.05) is 25.2 Å². The van der Waals surface area contributed by atoms with Gasteiger partial charge in [-0.05, 0) is 77.5 Å². The summed E-state index contributed by atoms with van der Waals surface area (Å²) < 4.78 is 0. The molecule has 1 N–H and O–H groups in total. The minimum absolute atomic E-state index is 0.246. The molecule has 0 bridgehead atoms. The van der Waals surface area contributed by atoms with E-state index in [0.717, 1.165) is 19.0 Å². The molecule has 1 rings (SSSR count). The smallest absolute Gasteiger partial charge is 0.0125 e. The summed E-state index contributed by atoms with van der Waals surface area (Å²) in [6, 6.07) is 0. The first-order valence-corrected chi connectivity index (χ1v) is 9.50. The van der Waals surface area contributed by atoms with Crippen LogP contribution in [-0.4, -0.2) is 62.2 Å². The molecule has 0 spiro atoms. The molecule has 3 heteroatoms. The van der Waals surface area contributed by atoms with Gasteiger partial charge in [0.05, 0.1) is 0 Å².